The summed E-state index contributed by atoms with van der Waals surface area (Å²) in [5.74, 6) is 0.0130. The lowest BCUT2D eigenvalue weighted by Crippen LogP contribution is -2.39. The third kappa shape index (κ3) is 6.21. The fourth-order valence-corrected chi connectivity index (χ4v) is 4.97. The van der Waals surface area contributed by atoms with Crippen molar-refractivity contribution in [1.82, 2.24) is 5.43 Å². The number of nitrogens with one attached hydrogen (secondary N) is 1. The normalized spacial score (nSPS) is 14.5. The number of hydrogen-bond donors (Lipinski definition) is 1. The molecule has 0 radical (unpaired) electrons. The highest BCUT2D eigenvalue weighted by Crippen LogP contribution is 2.27. The molecule has 0 unspecified atom stereocenters. The number of sulfonamides is 1. The zero-order valence-corrected chi connectivity index (χ0v) is 19.0. The Labute approximate surface area is 188 Å². The van der Waals surface area contributed by atoms with Crippen LogP contribution in [0, 0.1) is 0 Å². The quantitative estimate of drug-likeness (QED) is 0.487. The topological polar surface area (TPSA) is 88.1 Å². The number of hydrazone groups is 1. The van der Waals surface area contributed by atoms with Crippen LogP contribution < -0.4 is 14.5 Å². The molecule has 0 saturated heterocycles. The first-order chi connectivity index (χ1) is 14.9. The fourth-order valence-electron chi connectivity index (χ4n) is 3.38. The number of rotatable bonds is 7. The summed E-state index contributed by atoms with van der Waals surface area (Å²) in [7, 11) is -2.53. The predicted octanol–water partition coefficient (Wildman–Crippen LogP) is 4.37. The maximum absolute atomic E-state index is 13.4. The summed E-state index contributed by atoms with van der Waals surface area (Å²) in [6.07, 6.45) is 6.13. The van der Waals surface area contributed by atoms with E-state index in [1.54, 1.807) is 30.3 Å². The van der Waals surface area contributed by atoms with Gasteiger partial charge in [0.15, 0.2) is 0 Å². The smallest absolute Gasteiger partial charge is 0.264 e. The number of benzene rings is 2. The van der Waals surface area contributed by atoms with Crippen LogP contribution in [0.2, 0.25) is 5.02 Å². The average molecular weight is 464 g/mol. The number of ether oxygens (including phenoxy) is 1. The molecule has 0 spiro atoms. The number of methoxy groups -OCH3 is 1. The Balaban J connectivity index is 1.85. The van der Waals surface area contributed by atoms with E-state index in [1.165, 1.54) is 25.3 Å². The SMILES string of the molecule is COc1ccc(S(=O)(=O)N(CC(=O)NN=C2CCCCCC2)c2cccc(Cl)c2)cc1. The lowest BCUT2D eigenvalue weighted by molar-refractivity contribution is -0.119. The van der Waals surface area contributed by atoms with Crippen LogP contribution in [0.3, 0.4) is 0 Å². The second-order valence-corrected chi connectivity index (χ2v) is 9.59. The molecular weight excluding hydrogens is 438 g/mol. The van der Waals surface area contributed by atoms with Gasteiger partial charge in [-0.1, -0.05) is 30.5 Å². The van der Waals surface area contributed by atoms with Crippen molar-refractivity contribution in [2.75, 3.05) is 18.0 Å². The van der Waals surface area contributed by atoms with Crippen molar-refractivity contribution in [3.05, 3.63) is 53.6 Å². The standard InChI is InChI=1S/C22H26ClN3O4S/c1-30-20-11-13-21(14-12-20)31(28,29)26(19-10-6-7-17(23)15-19)16-22(27)25-24-18-8-4-2-3-5-9-18/h6-7,10-15H,2-5,8-9,16H2,1H3,(H,25,27). The number of halogens is 1. The molecule has 0 aliphatic heterocycles. The van der Waals surface area contributed by atoms with Crippen LogP contribution in [0.4, 0.5) is 5.69 Å². The number of carbonyl (C=O) groups is 1. The van der Waals surface area contributed by atoms with Crippen LogP contribution in [0.15, 0.2) is 58.5 Å². The molecule has 0 aromatic heterocycles. The summed E-state index contributed by atoms with van der Waals surface area (Å²) in [5.41, 5.74) is 3.76. The molecule has 31 heavy (non-hydrogen) atoms. The van der Waals surface area contributed by atoms with Gasteiger partial charge in [0.2, 0.25) is 0 Å². The molecule has 1 saturated carbocycles. The molecule has 1 fully saturated rings. The van der Waals surface area contributed by atoms with Crippen molar-refractivity contribution in [2.24, 2.45) is 5.10 Å². The van der Waals surface area contributed by atoms with E-state index in [2.05, 4.69) is 10.5 Å². The van der Waals surface area contributed by atoms with Gasteiger partial charge in [0.1, 0.15) is 12.3 Å². The van der Waals surface area contributed by atoms with E-state index in [0.717, 1.165) is 48.5 Å². The van der Waals surface area contributed by atoms with Gasteiger partial charge in [-0.2, -0.15) is 5.10 Å². The maximum Gasteiger partial charge on any atom is 0.264 e. The van der Waals surface area contributed by atoms with Crippen LogP contribution in [0.25, 0.3) is 0 Å². The van der Waals surface area contributed by atoms with Gasteiger partial charge in [-0.15, -0.1) is 0 Å². The number of anilines is 1. The van der Waals surface area contributed by atoms with Gasteiger partial charge in [-0.25, -0.2) is 13.8 Å². The largest absolute Gasteiger partial charge is 0.497 e. The molecule has 0 heterocycles. The Morgan fingerprint density at radius 3 is 2.39 bits per heavy atom. The van der Waals surface area contributed by atoms with Gasteiger partial charge in [-0.05, 0) is 68.1 Å². The van der Waals surface area contributed by atoms with E-state index in [-0.39, 0.29) is 4.90 Å². The average Bonchev–Trinajstić information content (AvgIpc) is 3.05. The molecular formula is C22H26ClN3O4S. The molecule has 1 aliphatic carbocycles. The number of nitrogens with zero attached hydrogens (tertiary/aromatic N) is 2. The summed E-state index contributed by atoms with van der Waals surface area (Å²) in [4.78, 5) is 12.7. The monoisotopic (exact) mass is 463 g/mol. The third-order valence-electron chi connectivity index (χ3n) is 5.05. The highest BCUT2D eigenvalue weighted by molar-refractivity contribution is 7.92. The van der Waals surface area contributed by atoms with Gasteiger partial charge < -0.3 is 4.74 Å². The van der Waals surface area contributed by atoms with E-state index in [0.29, 0.717) is 16.5 Å². The van der Waals surface area contributed by atoms with Crippen molar-refractivity contribution >= 4 is 38.9 Å². The molecule has 1 amide bonds. The molecule has 2 aromatic rings. The first-order valence-electron chi connectivity index (χ1n) is 10.2. The second kappa shape index (κ2) is 10.6. The summed E-state index contributed by atoms with van der Waals surface area (Å²) in [6.45, 7) is -0.425. The highest BCUT2D eigenvalue weighted by atomic mass is 35.5. The summed E-state index contributed by atoms with van der Waals surface area (Å²) in [6, 6.07) is 12.4. The molecule has 166 valence electrons. The first kappa shape index (κ1) is 23.1. The Kier molecular flexibility index (Phi) is 7.92. The Morgan fingerprint density at radius 2 is 1.77 bits per heavy atom. The third-order valence-corrected chi connectivity index (χ3v) is 7.07. The number of hydrogen-bond acceptors (Lipinski definition) is 5. The molecule has 0 bridgehead atoms. The van der Waals surface area contributed by atoms with Crippen molar-refractivity contribution in [3.8, 4) is 5.75 Å². The number of amides is 1. The Morgan fingerprint density at radius 1 is 1.10 bits per heavy atom. The summed E-state index contributed by atoms with van der Waals surface area (Å²) in [5, 5.41) is 4.61. The number of carbonyl (C=O) groups excluding carboxylic acids is 1. The van der Waals surface area contributed by atoms with Crippen molar-refractivity contribution in [2.45, 2.75) is 43.4 Å². The van der Waals surface area contributed by atoms with Gasteiger partial charge >= 0.3 is 0 Å². The summed E-state index contributed by atoms with van der Waals surface area (Å²) >= 11 is 6.08. The summed E-state index contributed by atoms with van der Waals surface area (Å²) < 4.78 is 32.8. The molecule has 1 aliphatic rings. The van der Waals surface area contributed by atoms with Crippen molar-refractivity contribution in [3.63, 3.8) is 0 Å². The van der Waals surface area contributed by atoms with Gasteiger partial charge in [0.05, 0.1) is 17.7 Å². The highest BCUT2D eigenvalue weighted by Gasteiger charge is 2.27. The van der Waals surface area contributed by atoms with Crippen LogP contribution >= 0.6 is 11.6 Å². The minimum absolute atomic E-state index is 0.0381. The zero-order chi connectivity index (χ0) is 22.3. The van der Waals surface area contributed by atoms with Crippen LogP contribution in [0.1, 0.15) is 38.5 Å². The molecule has 7 nitrogen and oxygen atoms in total. The Bertz CT molecular complexity index is 1030. The Hall–Kier alpha value is -2.58. The van der Waals surface area contributed by atoms with Gasteiger partial charge in [0, 0.05) is 10.7 Å². The molecule has 2 aromatic carbocycles. The van der Waals surface area contributed by atoms with Crippen molar-refractivity contribution in [1.29, 1.82) is 0 Å². The van der Waals surface area contributed by atoms with Crippen LogP contribution in [0.5, 0.6) is 5.75 Å². The zero-order valence-electron chi connectivity index (χ0n) is 17.4. The minimum Gasteiger partial charge on any atom is -0.497 e. The van der Waals surface area contributed by atoms with Gasteiger partial charge in [0.25, 0.3) is 15.9 Å². The molecule has 0 atom stereocenters. The maximum atomic E-state index is 13.4. The predicted molar refractivity (Wildman–Crippen MR) is 122 cm³/mol. The lowest BCUT2D eigenvalue weighted by Gasteiger charge is -2.24. The first-order valence-corrected chi connectivity index (χ1v) is 12.0. The van der Waals surface area contributed by atoms with Crippen molar-refractivity contribution < 1.29 is 17.9 Å². The van der Waals surface area contributed by atoms with E-state index in [1.807, 2.05) is 0 Å². The molecule has 3 rings (SSSR count). The minimum atomic E-state index is -4.03. The van der Waals surface area contributed by atoms with Gasteiger partial charge in [-0.3, -0.25) is 9.10 Å². The second-order valence-electron chi connectivity index (χ2n) is 7.29. The fraction of sp³-hybridized carbons (Fsp3) is 0.364. The van der Waals surface area contributed by atoms with Crippen LogP contribution in [-0.4, -0.2) is 33.7 Å². The van der Waals surface area contributed by atoms with E-state index >= 15 is 0 Å². The molecule has 9 heteroatoms. The van der Waals surface area contributed by atoms with E-state index < -0.39 is 22.5 Å². The van der Waals surface area contributed by atoms with Crippen LogP contribution in [-0.2, 0) is 14.8 Å². The lowest BCUT2D eigenvalue weighted by atomic mass is 10.2. The van der Waals surface area contributed by atoms with E-state index in [4.69, 9.17) is 16.3 Å². The molecule has 1 N–H and O–H groups in total. The van der Waals surface area contributed by atoms with E-state index in [9.17, 15) is 13.2 Å².